The highest BCUT2D eigenvalue weighted by Gasteiger charge is 2.33. The molecule has 2 rings (SSSR count). The van der Waals surface area contributed by atoms with Crippen LogP contribution in [0.1, 0.15) is 37.8 Å². The average Bonchev–Trinajstić information content (AvgIpc) is 2.90. The summed E-state index contributed by atoms with van der Waals surface area (Å²) in [6, 6.07) is 8.57. The molecule has 1 aromatic carbocycles. The van der Waals surface area contributed by atoms with Gasteiger partial charge in [0.2, 0.25) is 5.91 Å². The van der Waals surface area contributed by atoms with Gasteiger partial charge in [-0.2, -0.15) is 0 Å². The number of hydrogen-bond donors (Lipinski definition) is 2. The molecule has 0 unspecified atom stereocenters. The predicted octanol–water partition coefficient (Wildman–Crippen LogP) is 2.70. The topological polar surface area (TPSA) is 55.1 Å². The minimum Gasteiger partial charge on any atom is -0.355 e. The Morgan fingerprint density at radius 3 is 2.19 bits per heavy atom. The predicted molar refractivity (Wildman–Crippen MR) is 89.7 cm³/mol. The molecule has 21 heavy (non-hydrogen) atoms. The van der Waals surface area contributed by atoms with Crippen molar-refractivity contribution in [2.45, 2.75) is 39.5 Å². The van der Waals surface area contributed by atoms with Gasteiger partial charge < -0.3 is 11.1 Å². The second-order valence-corrected chi connectivity index (χ2v) is 5.94. The highest BCUT2D eigenvalue weighted by atomic mass is 35.5. The van der Waals surface area contributed by atoms with E-state index in [1.807, 2.05) is 13.8 Å². The average molecular weight is 311 g/mol. The SMILES string of the molecule is CCC(CC)(CN)C(=O)NCC1Cc2ccccc2C1.Cl. The van der Waals surface area contributed by atoms with E-state index in [-0.39, 0.29) is 23.7 Å². The van der Waals surface area contributed by atoms with Crippen LogP contribution in [0, 0.1) is 11.3 Å². The third kappa shape index (κ3) is 3.78. The van der Waals surface area contributed by atoms with Crippen LogP contribution >= 0.6 is 12.4 Å². The summed E-state index contributed by atoms with van der Waals surface area (Å²) in [6.07, 6.45) is 3.75. The first-order chi connectivity index (χ1) is 9.65. The van der Waals surface area contributed by atoms with Crippen LogP contribution in [-0.4, -0.2) is 19.0 Å². The number of nitrogens with one attached hydrogen (secondary N) is 1. The minimum atomic E-state index is -0.383. The van der Waals surface area contributed by atoms with Crippen molar-refractivity contribution < 1.29 is 4.79 Å². The van der Waals surface area contributed by atoms with Crippen LogP contribution in [0.2, 0.25) is 0 Å². The second-order valence-electron chi connectivity index (χ2n) is 5.94. The molecule has 3 nitrogen and oxygen atoms in total. The Kier molecular flexibility index (Phi) is 6.69. The lowest BCUT2D eigenvalue weighted by Crippen LogP contribution is -2.46. The molecule has 0 fully saturated rings. The van der Waals surface area contributed by atoms with Crippen LogP contribution in [-0.2, 0) is 17.6 Å². The molecule has 1 amide bonds. The van der Waals surface area contributed by atoms with Crippen molar-refractivity contribution in [3.05, 3.63) is 35.4 Å². The smallest absolute Gasteiger partial charge is 0.227 e. The van der Waals surface area contributed by atoms with Gasteiger partial charge in [-0.1, -0.05) is 38.1 Å². The fourth-order valence-electron chi connectivity index (χ4n) is 3.17. The van der Waals surface area contributed by atoms with Crippen LogP contribution < -0.4 is 11.1 Å². The molecule has 0 radical (unpaired) electrons. The van der Waals surface area contributed by atoms with Gasteiger partial charge >= 0.3 is 0 Å². The van der Waals surface area contributed by atoms with Crippen molar-refractivity contribution in [1.82, 2.24) is 5.32 Å². The molecule has 3 N–H and O–H groups in total. The highest BCUT2D eigenvalue weighted by Crippen LogP contribution is 2.27. The molecule has 4 heteroatoms. The molecule has 1 aromatic rings. The maximum absolute atomic E-state index is 12.4. The standard InChI is InChI=1S/C17H26N2O.ClH/c1-3-17(4-2,12-18)16(20)19-11-13-9-14-7-5-6-8-15(14)10-13;/h5-8,13H,3-4,9-12,18H2,1-2H3,(H,19,20);1H. The van der Waals surface area contributed by atoms with Gasteiger partial charge in [-0.05, 0) is 42.7 Å². The van der Waals surface area contributed by atoms with Gasteiger partial charge in [0.25, 0.3) is 0 Å². The zero-order valence-corrected chi connectivity index (χ0v) is 13.8. The Hall–Kier alpha value is -1.06. The largest absolute Gasteiger partial charge is 0.355 e. The summed E-state index contributed by atoms with van der Waals surface area (Å²) in [6.45, 7) is 5.27. The van der Waals surface area contributed by atoms with Gasteiger partial charge in [-0.15, -0.1) is 12.4 Å². The molecular formula is C17H27ClN2O. The molecule has 0 saturated carbocycles. The maximum atomic E-state index is 12.4. The molecule has 0 aliphatic heterocycles. The molecule has 0 bridgehead atoms. The molecule has 1 aliphatic carbocycles. The number of carbonyl (C=O) groups is 1. The summed E-state index contributed by atoms with van der Waals surface area (Å²) in [5.41, 5.74) is 8.30. The number of hydrogen-bond acceptors (Lipinski definition) is 2. The van der Waals surface area contributed by atoms with Crippen molar-refractivity contribution in [3.63, 3.8) is 0 Å². The summed E-state index contributed by atoms with van der Waals surface area (Å²) in [5.74, 6) is 0.654. The van der Waals surface area contributed by atoms with Gasteiger partial charge in [0.15, 0.2) is 0 Å². The number of fused-ring (bicyclic) bond motifs is 1. The zero-order valence-electron chi connectivity index (χ0n) is 13.0. The molecular weight excluding hydrogens is 284 g/mol. The highest BCUT2D eigenvalue weighted by molar-refractivity contribution is 5.85. The lowest BCUT2D eigenvalue weighted by molar-refractivity contribution is -0.131. The number of amides is 1. The summed E-state index contributed by atoms with van der Waals surface area (Å²) < 4.78 is 0. The summed E-state index contributed by atoms with van der Waals surface area (Å²) >= 11 is 0. The van der Waals surface area contributed by atoms with E-state index in [1.54, 1.807) is 0 Å². The first kappa shape index (κ1) is 18.0. The normalized spacial score (nSPS) is 14.4. The number of benzene rings is 1. The summed E-state index contributed by atoms with van der Waals surface area (Å²) in [4.78, 5) is 12.4. The van der Waals surface area contributed by atoms with Crippen LogP contribution in [0.3, 0.4) is 0 Å². The Morgan fingerprint density at radius 1 is 1.24 bits per heavy atom. The van der Waals surface area contributed by atoms with E-state index in [2.05, 4.69) is 29.6 Å². The zero-order chi connectivity index (χ0) is 14.6. The fraction of sp³-hybridized carbons (Fsp3) is 0.588. The van der Waals surface area contributed by atoms with Crippen LogP contribution in [0.25, 0.3) is 0 Å². The van der Waals surface area contributed by atoms with E-state index >= 15 is 0 Å². The number of rotatable bonds is 6. The Balaban J connectivity index is 0.00000220. The van der Waals surface area contributed by atoms with Crippen molar-refractivity contribution in [1.29, 1.82) is 0 Å². The van der Waals surface area contributed by atoms with Gasteiger partial charge in [0.1, 0.15) is 0 Å². The lowest BCUT2D eigenvalue weighted by Gasteiger charge is -2.29. The van der Waals surface area contributed by atoms with E-state index in [0.717, 1.165) is 32.2 Å². The molecule has 118 valence electrons. The van der Waals surface area contributed by atoms with Crippen LogP contribution in [0.15, 0.2) is 24.3 Å². The first-order valence-electron chi connectivity index (χ1n) is 7.70. The van der Waals surface area contributed by atoms with Gasteiger partial charge in [0.05, 0.1) is 5.41 Å². The molecule has 0 heterocycles. The summed E-state index contributed by atoms with van der Waals surface area (Å²) in [5, 5.41) is 3.13. The quantitative estimate of drug-likeness (QED) is 0.849. The van der Waals surface area contributed by atoms with Crippen molar-refractivity contribution in [3.8, 4) is 0 Å². The molecule has 1 aliphatic rings. The first-order valence-corrected chi connectivity index (χ1v) is 7.70. The molecule has 0 aromatic heterocycles. The Bertz CT molecular complexity index is 438. The van der Waals surface area contributed by atoms with Gasteiger partial charge in [-0.25, -0.2) is 0 Å². The van der Waals surface area contributed by atoms with Crippen molar-refractivity contribution >= 4 is 18.3 Å². The third-order valence-electron chi connectivity index (χ3n) is 4.91. The van der Waals surface area contributed by atoms with E-state index in [1.165, 1.54) is 11.1 Å². The molecule has 0 spiro atoms. The number of halogens is 1. The van der Waals surface area contributed by atoms with Crippen LogP contribution in [0.4, 0.5) is 0 Å². The van der Waals surface area contributed by atoms with Crippen LogP contribution in [0.5, 0.6) is 0 Å². The van der Waals surface area contributed by atoms with E-state index < -0.39 is 0 Å². The van der Waals surface area contributed by atoms with Crippen molar-refractivity contribution in [2.75, 3.05) is 13.1 Å². The monoisotopic (exact) mass is 310 g/mol. The van der Waals surface area contributed by atoms with E-state index in [0.29, 0.717) is 12.5 Å². The number of nitrogens with two attached hydrogens (primary N) is 1. The summed E-state index contributed by atoms with van der Waals surface area (Å²) in [7, 11) is 0. The lowest BCUT2D eigenvalue weighted by atomic mass is 9.81. The second kappa shape index (κ2) is 7.81. The Labute approximate surface area is 134 Å². The van der Waals surface area contributed by atoms with E-state index in [9.17, 15) is 4.79 Å². The van der Waals surface area contributed by atoms with Gasteiger partial charge in [0, 0.05) is 13.1 Å². The number of carbonyl (C=O) groups excluding carboxylic acids is 1. The minimum absolute atomic E-state index is 0. The van der Waals surface area contributed by atoms with E-state index in [4.69, 9.17) is 5.73 Å². The molecule has 0 saturated heterocycles. The molecule has 0 atom stereocenters. The maximum Gasteiger partial charge on any atom is 0.227 e. The fourth-order valence-corrected chi connectivity index (χ4v) is 3.17. The Morgan fingerprint density at radius 2 is 1.76 bits per heavy atom. The van der Waals surface area contributed by atoms with Crippen molar-refractivity contribution in [2.24, 2.45) is 17.1 Å². The third-order valence-corrected chi connectivity index (χ3v) is 4.91. The van der Waals surface area contributed by atoms with Gasteiger partial charge in [-0.3, -0.25) is 4.79 Å².